The van der Waals surface area contributed by atoms with Gasteiger partial charge < -0.3 is 23.8 Å². The van der Waals surface area contributed by atoms with Gasteiger partial charge in [0.05, 0.1) is 0 Å². The van der Waals surface area contributed by atoms with Crippen LogP contribution in [-0.2, 0) is 38.1 Å². The number of esters is 3. The van der Waals surface area contributed by atoms with Crippen molar-refractivity contribution in [1.29, 1.82) is 0 Å². The van der Waals surface area contributed by atoms with Crippen molar-refractivity contribution in [3.63, 3.8) is 0 Å². The third-order valence-corrected chi connectivity index (χ3v) is 6.15. The first-order valence-corrected chi connectivity index (χ1v) is 11.6. The molecule has 2 heterocycles. The normalized spacial score (nSPS) is 26.6. The molecule has 10 nitrogen and oxygen atoms in total. The van der Waals surface area contributed by atoms with Crippen molar-refractivity contribution in [3.8, 4) is 0 Å². The summed E-state index contributed by atoms with van der Waals surface area (Å²) in [4.78, 5) is 52.0. The second-order valence-electron chi connectivity index (χ2n) is 8.87. The summed E-state index contributed by atoms with van der Waals surface area (Å²) in [5.74, 6) is -1.75. The minimum Gasteiger partial charge on any atom is -0.454 e. The zero-order valence-corrected chi connectivity index (χ0v) is 19.6. The second kappa shape index (κ2) is 11.5. The van der Waals surface area contributed by atoms with Crippen LogP contribution in [0.4, 0.5) is 0 Å². The molecule has 3 rings (SSSR count). The van der Waals surface area contributed by atoms with Crippen LogP contribution in [0.2, 0.25) is 0 Å². The van der Waals surface area contributed by atoms with Gasteiger partial charge in [0, 0.05) is 59.6 Å². The number of nitrogens with zero attached hydrogens (tertiary/aromatic N) is 2. The summed E-state index contributed by atoms with van der Waals surface area (Å²) in [6.45, 7) is 7.22. The van der Waals surface area contributed by atoms with Crippen LogP contribution >= 0.6 is 0 Å². The molecule has 0 bridgehead atoms. The van der Waals surface area contributed by atoms with Gasteiger partial charge in [-0.1, -0.05) is 19.3 Å². The average Bonchev–Trinajstić information content (AvgIpc) is 2.75. The molecule has 0 spiro atoms. The minimum atomic E-state index is -1.41. The maximum Gasteiger partial charge on any atom is 0.305 e. The standard InChI is InChI=1S/C23H34N2O8/c1-15(26)30-19-13-20(33-23(32-17(3)28)21(19)31-16(2)27)22(29)25-11-9-24(10-12-25)14-18-7-5-4-6-8-18/h13,18-19,21,23H,4-12,14H2,1-3H3/t19-,21+,23+/m0/s1. The molecular weight excluding hydrogens is 432 g/mol. The third kappa shape index (κ3) is 7.18. The Hall–Kier alpha value is -2.62. The van der Waals surface area contributed by atoms with E-state index in [1.807, 2.05) is 0 Å². The number of carbonyl (C=O) groups is 4. The van der Waals surface area contributed by atoms with Crippen LogP contribution in [0.5, 0.6) is 0 Å². The van der Waals surface area contributed by atoms with E-state index in [1.165, 1.54) is 59.0 Å². The van der Waals surface area contributed by atoms with Crippen molar-refractivity contribution in [2.45, 2.75) is 71.4 Å². The Morgan fingerprint density at radius 2 is 1.48 bits per heavy atom. The molecule has 3 aliphatic rings. The molecule has 0 aromatic carbocycles. The van der Waals surface area contributed by atoms with Gasteiger partial charge in [0.15, 0.2) is 11.9 Å². The van der Waals surface area contributed by atoms with Gasteiger partial charge in [-0.3, -0.25) is 24.1 Å². The number of hydrogen-bond donors (Lipinski definition) is 0. The summed E-state index contributed by atoms with van der Waals surface area (Å²) < 4.78 is 21.2. The summed E-state index contributed by atoms with van der Waals surface area (Å²) in [5, 5.41) is 0. The largest absolute Gasteiger partial charge is 0.454 e. The Morgan fingerprint density at radius 1 is 0.879 bits per heavy atom. The SMILES string of the molecule is CC(=O)O[C@@H]1OC(C(=O)N2CCN(CC3CCCCC3)CC2)=C[C@H](OC(C)=O)[C@H]1OC(C)=O. The van der Waals surface area contributed by atoms with Crippen LogP contribution in [0.15, 0.2) is 11.8 Å². The molecule has 0 unspecified atom stereocenters. The van der Waals surface area contributed by atoms with Crippen LogP contribution < -0.4 is 0 Å². The highest BCUT2D eigenvalue weighted by atomic mass is 16.7. The number of ether oxygens (including phenoxy) is 4. The topological polar surface area (TPSA) is 112 Å². The molecule has 3 atom stereocenters. The van der Waals surface area contributed by atoms with Gasteiger partial charge in [-0.25, -0.2) is 0 Å². The number of piperazine rings is 1. The summed E-state index contributed by atoms with van der Waals surface area (Å²) in [6, 6.07) is 0. The van der Waals surface area contributed by atoms with E-state index < -0.39 is 36.4 Å². The highest BCUT2D eigenvalue weighted by Gasteiger charge is 2.44. The molecular formula is C23H34N2O8. The number of amides is 1. The van der Waals surface area contributed by atoms with E-state index in [2.05, 4.69) is 4.90 Å². The van der Waals surface area contributed by atoms with E-state index in [9.17, 15) is 19.2 Å². The van der Waals surface area contributed by atoms with E-state index >= 15 is 0 Å². The first-order valence-electron chi connectivity index (χ1n) is 11.6. The lowest BCUT2D eigenvalue weighted by Gasteiger charge is -2.39. The fraction of sp³-hybridized carbons (Fsp3) is 0.739. The second-order valence-corrected chi connectivity index (χ2v) is 8.87. The summed E-state index contributed by atoms with van der Waals surface area (Å²) in [7, 11) is 0. The monoisotopic (exact) mass is 466 g/mol. The lowest BCUT2D eigenvalue weighted by molar-refractivity contribution is -0.223. The van der Waals surface area contributed by atoms with Gasteiger partial charge in [0.25, 0.3) is 12.2 Å². The fourth-order valence-corrected chi connectivity index (χ4v) is 4.64. The van der Waals surface area contributed by atoms with E-state index in [1.54, 1.807) is 4.90 Å². The highest BCUT2D eigenvalue weighted by molar-refractivity contribution is 5.92. The molecule has 1 saturated heterocycles. The van der Waals surface area contributed by atoms with Crippen LogP contribution in [0, 0.1) is 5.92 Å². The Balaban J connectivity index is 1.67. The van der Waals surface area contributed by atoms with Crippen LogP contribution in [0.1, 0.15) is 52.9 Å². The molecule has 0 N–H and O–H groups in total. The Kier molecular flexibility index (Phi) is 8.71. The number of hydrogen-bond acceptors (Lipinski definition) is 9. The van der Waals surface area contributed by atoms with Crippen molar-refractivity contribution in [1.82, 2.24) is 9.80 Å². The maximum absolute atomic E-state index is 13.2. The van der Waals surface area contributed by atoms with E-state index in [-0.39, 0.29) is 11.7 Å². The minimum absolute atomic E-state index is 0.100. The molecule has 1 saturated carbocycles. The molecule has 1 aliphatic carbocycles. The Morgan fingerprint density at radius 3 is 2.06 bits per heavy atom. The van der Waals surface area contributed by atoms with Crippen molar-refractivity contribution in [2.75, 3.05) is 32.7 Å². The quantitative estimate of drug-likeness (QED) is 0.423. The first-order chi connectivity index (χ1) is 15.7. The Labute approximate surface area is 194 Å². The van der Waals surface area contributed by atoms with Crippen molar-refractivity contribution in [2.24, 2.45) is 5.92 Å². The lowest BCUT2D eigenvalue weighted by Crippen LogP contribution is -2.53. The summed E-state index contributed by atoms with van der Waals surface area (Å²) in [5.41, 5.74) is 0. The van der Waals surface area contributed by atoms with Crippen molar-refractivity contribution >= 4 is 23.8 Å². The molecule has 0 radical (unpaired) electrons. The van der Waals surface area contributed by atoms with Gasteiger partial charge in [-0.15, -0.1) is 0 Å². The van der Waals surface area contributed by atoms with Gasteiger partial charge in [-0.2, -0.15) is 0 Å². The van der Waals surface area contributed by atoms with E-state index in [0.29, 0.717) is 13.1 Å². The van der Waals surface area contributed by atoms with E-state index in [4.69, 9.17) is 18.9 Å². The molecule has 2 fully saturated rings. The number of rotatable bonds is 6. The molecule has 184 valence electrons. The van der Waals surface area contributed by atoms with Gasteiger partial charge in [0.2, 0.25) is 6.10 Å². The highest BCUT2D eigenvalue weighted by Crippen LogP contribution is 2.27. The van der Waals surface area contributed by atoms with Crippen LogP contribution in [0.25, 0.3) is 0 Å². The predicted molar refractivity (Wildman–Crippen MR) is 115 cm³/mol. The average molecular weight is 467 g/mol. The molecule has 2 aliphatic heterocycles. The van der Waals surface area contributed by atoms with Crippen LogP contribution in [0.3, 0.4) is 0 Å². The zero-order valence-electron chi connectivity index (χ0n) is 19.6. The molecule has 10 heteroatoms. The van der Waals surface area contributed by atoms with Gasteiger partial charge in [0.1, 0.15) is 0 Å². The third-order valence-electron chi connectivity index (χ3n) is 6.15. The van der Waals surface area contributed by atoms with Crippen LogP contribution in [-0.4, -0.2) is 84.8 Å². The van der Waals surface area contributed by atoms with Gasteiger partial charge >= 0.3 is 17.9 Å². The fourth-order valence-electron chi connectivity index (χ4n) is 4.64. The Bertz CT molecular complexity index is 768. The zero-order chi connectivity index (χ0) is 24.0. The van der Waals surface area contributed by atoms with Crippen molar-refractivity contribution < 1.29 is 38.1 Å². The first kappa shape index (κ1) is 25.0. The lowest BCUT2D eigenvalue weighted by atomic mass is 9.89. The van der Waals surface area contributed by atoms with Crippen molar-refractivity contribution in [3.05, 3.63) is 11.8 Å². The van der Waals surface area contributed by atoms with E-state index in [0.717, 1.165) is 25.6 Å². The summed E-state index contributed by atoms with van der Waals surface area (Å²) >= 11 is 0. The molecule has 1 amide bonds. The molecule has 0 aromatic heterocycles. The smallest absolute Gasteiger partial charge is 0.305 e. The molecule has 33 heavy (non-hydrogen) atoms. The van der Waals surface area contributed by atoms with Gasteiger partial charge in [-0.05, 0) is 18.8 Å². The maximum atomic E-state index is 13.2. The number of carbonyl (C=O) groups excluding carboxylic acids is 4. The predicted octanol–water partition coefficient (Wildman–Crippen LogP) is 1.38. The summed E-state index contributed by atoms with van der Waals surface area (Å²) in [6.07, 6.45) is 4.03. The molecule has 0 aromatic rings.